The van der Waals surface area contributed by atoms with Crippen molar-refractivity contribution in [2.45, 2.75) is 19.4 Å². The van der Waals surface area contributed by atoms with Crippen molar-refractivity contribution in [1.29, 1.82) is 0 Å². The zero-order valence-corrected chi connectivity index (χ0v) is 19.1. The molecule has 1 aliphatic heterocycles. The van der Waals surface area contributed by atoms with Gasteiger partial charge in [0.05, 0.1) is 34.3 Å². The van der Waals surface area contributed by atoms with Gasteiger partial charge in [-0.15, -0.1) is 0 Å². The first-order valence-corrected chi connectivity index (χ1v) is 11.1. The fraction of sp³-hybridized carbons (Fsp3) is 0.240. The minimum Gasteiger partial charge on any atom is -0.465 e. The fourth-order valence-corrected chi connectivity index (χ4v) is 4.47. The molecular formula is C25H22F4N4O3. The van der Waals surface area contributed by atoms with Gasteiger partial charge < -0.3 is 20.6 Å². The van der Waals surface area contributed by atoms with E-state index in [9.17, 15) is 22.8 Å². The highest BCUT2D eigenvalue weighted by atomic mass is 19.1. The number of carbonyl (C=O) groups is 2. The topological polar surface area (TPSA) is 94.6 Å². The lowest BCUT2D eigenvalue weighted by Crippen LogP contribution is -2.50. The number of aromatic nitrogens is 1. The van der Waals surface area contributed by atoms with Crippen LogP contribution in [-0.4, -0.2) is 41.2 Å². The normalized spacial score (nSPS) is 17.5. The molecule has 0 saturated carbocycles. The van der Waals surface area contributed by atoms with Crippen LogP contribution in [-0.2, 0) is 0 Å². The van der Waals surface area contributed by atoms with E-state index in [4.69, 9.17) is 5.11 Å². The molecule has 2 aromatic carbocycles. The summed E-state index contributed by atoms with van der Waals surface area (Å²) in [4.78, 5) is 30.0. The van der Waals surface area contributed by atoms with E-state index in [1.165, 1.54) is 12.4 Å². The number of carbonyl (C=O) groups excluding carboxylic acids is 1. The van der Waals surface area contributed by atoms with Gasteiger partial charge in [0.25, 0.3) is 5.91 Å². The molecule has 0 aliphatic carbocycles. The van der Waals surface area contributed by atoms with Gasteiger partial charge in [0, 0.05) is 25.3 Å². The molecule has 0 bridgehead atoms. The Kier molecular flexibility index (Phi) is 7.09. The first-order chi connectivity index (χ1) is 17.2. The molecule has 0 unspecified atom stereocenters. The number of nitrogens with one attached hydrogen (secondary N) is 2. The van der Waals surface area contributed by atoms with Crippen LogP contribution in [0.5, 0.6) is 0 Å². The molecule has 188 valence electrons. The van der Waals surface area contributed by atoms with Crippen LogP contribution in [0.3, 0.4) is 0 Å². The fourth-order valence-electron chi connectivity index (χ4n) is 4.47. The lowest BCUT2D eigenvalue weighted by Gasteiger charge is -2.38. The molecule has 36 heavy (non-hydrogen) atoms. The summed E-state index contributed by atoms with van der Waals surface area (Å²) in [6.07, 6.45) is 2.31. The number of piperidine rings is 1. The summed E-state index contributed by atoms with van der Waals surface area (Å²) in [6, 6.07) is 5.69. The molecule has 0 radical (unpaired) electrons. The number of halogens is 4. The van der Waals surface area contributed by atoms with Crippen LogP contribution >= 0.6 is 0 Å². The van der Waals surface area contributed by atoms with E-state index in [-0.39, 0.29) is 17.6 Å². The molecule has 1 fully saturated rings. The molecule has 1 aliphatic rings. The van der Waals surface area contributed by atoms with Crippen LogP contribution in [0.15, 0.2) is 48.8 Å². The van der Waals surface area contributed by atoms with Crippen molar-refractivity contribution in [3.8, 4) is 11.1 Å². The Morgan fingerprint density at radius 1 is 1.00 bits per heavy atom. The van der Waals surface area contributed by atoms with Crippen molar-refractivity contribution >= 4 is 23.4 Å². The molecule has 1 saturated heterocycles. The molecule has 4 rings (SSSR count). The molecule has 2 heterocycles. The summed E-state index contributed by atoms with van der Waals surface area (Å²) in [5.41, 5.74) is -1.81. The SMILES string of the molecule is C[C@@H]1C[C@H](NC(=O)O)CN(c2ccncc2NC(=O)c2ccc(F)c(-c3c(F)cccc3F)c2F)C1. The lowest BCUT2D eigenvalue weighted by molar-refractivity contribution is 0.102. The van der Waals surface area contributed by atoms with Crippen molar-refractivity contribution in [2.75, 3.05) is 23.3 Å². The highest BCUT2D eigenvalue weighted by Crippen LogP contribution is 2.34. The van der Waals surface area contributed by atoms with Crippen LogP contribution in [0.25, 0.3) is 11.1 Å². The molecular weight excluding hydrogens is 480 g/mol. The second-order valence-corrected chi connectivity index (χ2v) is 8.62. The van der Waals surface area contributed by atoms with Gasteiger partial charge in [-0.25, -0.2) is 22.4 Å². The second-order valence-electron chi connectivity index (χ2n) is 8.62. The highest BCUT2D eigenvalue weighted by molar-refractivity contribution is 6.06. The Balaban J connectivity index is 1.65. The van der Waals surface area contributed by atoms with E-state index in [0.717, 1.165) is 30.3 Å². The number of pyridine rings is 1. The first kappa shape index (κ1) is 25.0. The van der Waals surface area contributed by atoms with Gasteiger partial charge >= 0.3 is 6.09 Å². The predicted octanol–water partition coefficient (Wildman–Crippen LogP) is 5.04. The zero-order valence-electron chi connectivity index (χ0n) is 19.1. The Bertz CT molecular complexity index is 1300. The largest absolute Gasteiger partial charge is 0.465 e. The van der Waals surface area contributed by atoms with Crippen LogP contribution < -0.4 is 15.5 Å². The van der Waals surface area contributed by atoms with Gasteiger partial charge in [-0.05, 0) is 42.7 Å². The minimum atomic E-state index is -1.42. The molecule has 3 aromatic rings. The highest BCUT2D eigenvalue weighted by Gasteiger charge is 2.29. The van der Waals surface area contributed by atoms with Gasteiger partial charge in [0.1, 0.15) is 23.3 Å². The summed E-state index contributed by atoms with van der Waals surface area (Å²) < 4.78 is 58.2. The van der Waals surface area contributed by atoms with E-state index in [1.807, 2.05) is 11.8 Å². The monoisotopic (exact) mass is 502 g/mol. The average Bonchev–Trinajstić information content (AvgIpc) is 2.80. The number of hydrogen-bond acceptors (Lipinski definition) is 4. The molecule has 11 heteroatoms. The van der Waals surface area contributed by atoms with Crippen molar-refractivity contribution < 1.29 is 32.3 Å². The lowest BCUT2D eigenvalue weighted by atomic mass is 9.95. The van der Waals surface area contributed by atoms with Gasteiger partial charge in [-0.3, -0.25) is 9.78 Å². The number of benzene rings is 2. The number of hydrogen-bond donors (Lipinski definition) is 3. The van der Waals surface area contributed by atoms with Crippen molar-refractivity contribution in [2.24, 2.45) is 5.92 Å². The van der Waals surface area contributed by atoms with Gasteiger partial charge in [0.15, 0.2) is 0 Å². The van der Waals surface area contributed by atoms with Crippen molar-refractivity contribution in [1.82, 2.24) is 10.3 Å². The number of carboxylic acid groups (broad SMARTS) is 1. The maximum atomic E-state index is 15.3. The zero-order chi connectivity index (χ0) is 26.0. The number of nitrogens with zero attached hydrogens (tertiary/aromatic N) is 2. The van der Waals surface area contributed by atoms with Crippen molar-refractivity contribution in [3.05, 3.63) is 77.6 Å². The molecule has 2 atom stereocenters. The Labute approximate surface area is 203 Å². The van der Waals surface area contributed by atoms with E-state index in [0.29, 0.717) is 25.2 Å². The molecule has 7 nitrogen and oxygen atoms in total. The summed E-state index contributed by atoms with van der Waals surface area (Å²) in [5, 5.41) is 14.1. The summed E-state index contributed by atoms with van der Waals surface area (Å²) in [6.45, 7) is 2.84. The average molecular weight is 502 g/mol. The van der Waals surface area contributed by atoms with E-state index in [1.54, 1.807) is 6.07 Å². The van der Waals surface area contributed by atoms with Crippen LogP contribution in [0, 0.1) is 29.2 Å². The summed E-state index contributed by atoms with van der Waals surface area (Å²) in [7, 11) is 0. The minimum absolute atomic E-state index is 0.125. The number of amides is 2. The quantitative estimate of drug-likeness (QED) is 0.425. The molecule has 1 aromatic heterocycles. The predicted molar refractivity (Wildman–Crippen MR) is 125 cm³/mol. The third kappa shape index (κ3) is 5.09. The molecule has 0 spiro atoms. The van der Waals surface area contributed by atoms with Gasteiger partial charge in [-0.1, -0.05) is 13.0 Å². The van der Waals surface area contributed by atoms with Crippen molar-refractivity contribution in [3.63, 3.8) is 0 Å². The summed E-state index contributed by atoms with van der Waals surface area (Å²) in [5.74, 6) is -5.86. The maximum Gasteiger partial charge on any atom is 0.404 e. The number of rotatable bonds is 5. The Morgan fingerprint density at radius 2 is 1.69 bits per heavy atom. The maximum absolute atomic E-state index is 15.3. The standard InChI is InChI=1S/C25H22F4N4O3/c1-13-9-14(31-25(35)36)12-33(11-13)20-7-8-30-10-19(20)32-24(34)15-5-6-18(28)22(23(15)29)21-16(26)3-2-4-17(21)27/h2-8,10,13-14,31H,9,11-12H2,1H3,(H,32,34)(H,35,36)/t13-,14+/m1/s1. The van der Waals surface area contributed by atoms with Crippen LogP contribution in [0.2, 0.25) is 0 Å². The van der Waals surface area contributed by atoms with Gasteiger partial charge in [-0.2, -0.15) is 0 Å². The van der Waals surface area contributed by atoms with Crippen LogP contribution in [0.4, 0.5) is 33.7 Å². The Hall–Kier alpha value is -4.15. The third-order valence-electron chi connectivity index (χ3n) is 5.92. The first-order valence-electron chi connectivity index (χ1n) is 11.1. The number of anilines is 2. The molecule has 3 N–H and O–H groups in total. The van der Waals surface area contributed by atoms with E-state index >= 15 is 4.39 Å². The smallest absolute Gasteiger partial charge is 0.404 e. The Morgan fingerprint density at radius 3 is 2.39 bits per heavy atom. The third-order valence-corrected chi connectivity index (χ3v) is 5.92. The van der Waals surface area contributed by atoms with Gasteiger partial charge in [0.2, 0.25) is 0 Å². The van der Waals surface area contributed by atoms with Crippen LogP contribution in [0.1, 0.15) is 23.7 Å². The molecule has 2 amide bonds. The second kappa shape index (κ2) is 10.2. The van der Waals surface area contributed by atoms with E-state index in [2.05, 4.69) is 15.6 Å². The van der Waals surface area contributed by atoms with E-state index < -0.39 is 52.0 Å². The summed E-state index contributed by atoms with van der Waals surface area (Å²) >= 11 is 0.